The molecule has 0 saturated heterocycles. The standard InChI is InChI=1S/C20H22O4/c1-3-4-12-24-19-11-6-5-8-16(19)14-18(20(21)22)15-9-7-10-17(13-15)23-2/h5-11,13-14H,3-4,12H2,1-2H3,(H,21,22)/b18-14-. The highest BCUT2D eigenvalue weighted by atomic mass is 16.5. The van der Waals surface area contributed by atoms with Crippen molar-refractivity contribution in [2.75, 3.05) is 13.7 Å². The van der Waals surface area contributed by atoms with E-state index in [0.717, 1.165) is 18.4 Å². The minimum absolute atomic E-state index is 0.195. The van der Waals surface area contributed by atoms with Crippen molar-refractivity contribution < 1.29 is 19.4 Å². The molecule has 24 heavy (non-hydrogen) atoms. The Kier molecular flexibility index (Phi) is 6.43. The summed E-state index contributed by atoms with van der Waals surface area (Å²) in [5, 5.41) is 9.61. The molecule has 126 valence electrons. The van der Waals surface area contributed by atoms with Crippen molar-refractivity contribution in [1.82, 2.24) is 0 Å². The molecule has 0 amide bonds. The molecule has 0 atom stereocenters. The maximum absolute atomic E-state index is 11.7. The van der Waals surface area contributed by atoms with Crippen LogP contribution in [0.3, 0.4) is 0 Å². The van der Waals surface area contributed by atoms with Crippen LogP contribution in [0.4, 0.5) is 0 Å². The summed E-state index contributed by atoms with van der Waals surface area (Å²) in [6.45, 7) is 2.71. The molecule has 0 aromatic heterocycles. The highest BCUT2D eigenvalue weighted by molar-refractivity contribution is 6.20. The predicted molar refractivity (Wildman–Crippen MR) is 95.3 cm³/mol. The second-order valence-electron chi connectivity index (χ2n) is 5.33. The van der Waals surface area contributed by atoms with Crippen molar-refractivity contribution in [2.24, 2.45) is 0 Å². The fourth-order valence-electron chi connectivity index (χ4n) is 2.27. The number of hydrogen-bond donors (Lipinski definition) is 1. The van der Waals surface area contributed by atoms with Crippen LogP contribution in [0.15, 0.2) is 48.5 Å². The summed E-state index contributed by atoms with van der Waals surface area (Å²) in [5.74, 6) is 0.311. The summed E-state index contributed by atoms with van der Waals surface area (Å²) >= 11 is 0. The van der Waals surface area contributed by atoms with Crippen LogP contribution in [0.2, 0.25) is 0 Å². The summed E-state index contributed by atoms with van der Waals surface area (Å²) in [6.07, 6.45) is 3.64. The molecule has 0 unspecified atom stereocenters. The Morgan fingerprint density at radius 1 is 1.17 bits per heavy atom. The first-order valence-corrected chi connectivity index (χ1v) is 7.97. The topological polar surface area (TPSA) is 55.8 Å². The molecule has 0 heterocycles. The summed E-state index contributed by atoms with van der Waals surface area (Å²) < 4.78 is 11.0. The number of para-hydroxylation sites is 1. The first-order chi connectivity index (χ1) is 11.7. The smallest absolute Gasteiger partial charge is 0.336 e. The van der Waals surface area contributed by atoms with E-state index in [1.54, 1.807) is 37.5 Å². The van der Waals surface area contributed by atoms with Crippen LogP contribution in [0.5, 0.6) is 11.5 Å². The van der Waals surface area contributed by atoms with Gasteiger partial charge in [0, 0.05) is 5.56 Å². The molecular formula is C20H22O4. The number of ether oxygens (including phenoxy) is 2. The van der Waals surface area contributed by atoms with E-state index in [1.165, 1.54) is 0 Å². The van der Waals surface area contributed by atoms with Crippen molar-refractivity contribution in [3.05, 3.63) is 59.7 Å². The van der Waals surface area contributed by atoms with Crippen LogP contribution < -0.4 is 9.47 Å². The number of unbranched alkanes of at least 4 members (excludes halogenated alkanes) is 1. The lowest BCUT2D eigenvalue weighted by Gasteiger charge is -2.10. The molecule has 0 bridgehead atoms. The van der Waals surface area contributed by atoms with Crippen molar-refractivity contribution in [3.63, 3.8) is 0 Å². The van der Waals surface area contributed by atoms with E-state index in [9.17, 15) is 9.90 Å². The normalized spacial score (nSPS) is 11.2. The Labute approximate surface area is 142 Å². The van der Waals surface area contributed by atoms with Gasteiger partial charge in [0.25, 0.3) is 0 Å². The molecule has 4 nitrogen and oxygen atoms in total. The van der Waals surface area contributed by atoms with Gasteiger partial charge in [0.15, 0.2) is 0 Å². The molecule has 0 spiro atoms. The third kappa shape index (κ3) is 4.62. The van der Waals surface area contributed by atoms with Crippen molar-refractivity contribution in [2.45, 2.75) is 19.8 Å². The zero-order chi connectivity index (χ0) is 17.4. The molecule has 0 aliphatic heterocycles. The van der Waals surface area contributed by atoms with Gasteiger partial charge in [-0.25, -0.2) is 4.79 Å². The van der Waals surface area contributed by atoms with Gasteiger partial charge in [-0.05, 0) is 36.3 Å². The third-order valence-electron chi connectivity index (χ3n) is 3.59. The van der Waals surface area contributed by atoms with Crippen molar-refractivity contribution >= 4 is 17.6 Å². The van der Waals surface area contributed by atoms with E-state index in [1.807, 2.05) is 24.3 Å². The monoisotopic (exact) mass is 326 g/mol. The van der Waals surface area contributed by atoms with Crippen LogP contribution in [-0.2, 0) is 4.79 Å². The fourth-order valence-corrected chi connectivity index (χ4v) is 2.27. The van der Waals surface area contributed by atoms with Gasteiger partial charge in [-0.2, -0.15) is 0 Å². The van der Waals surface area contributed by atoms with Crippen LogP contribution in [0.25, 0.3) is 11.6 Å². The lowest BCUT2D eigenvalue weighted by Crippen LogP contribution is -2.02. The van der Waals surface area contributed by atoms with E-state index in [4.69, 9.17) is 9.47 Å². The average Bonchev–Trinajstić information content (AvgIpc) is 2.60. The molecule has 1 N–H and O–H groups in total. The highest BCUT2D eigenvalue weighted by Crippen LogP contribution is 2.27. The zero-order valence-corrected chi connectivity index (χ0v) is 14.0. The summed E-state index contributed by atoms with van der Waals surface area (Å²) in [4.78, 5) is 11.7. The van der Waals surface area contributed by atoms with Crippen molar-refractivity contribution in [3.8, 4) is 11.5 Å². The Hall–Kier alpha value is -2.75. The Balaban J connectivity index is 2.39. The SMILES string of the molecule is CCCCOc1ccccc1/C=C(\C(=O)O)c1cccc(OC)c1. The highest BCUT2D eigenvalue weighted by Gasteiger charge is 2.13. The molecule has 2 rings (SSSR count). The van der Waals surface area contributed by atoms with Crippen molar-refractivity contribution in [1.29, 1.82) is 0 Å². The van der Waals surface area contributed by atoms with Gasteiger partial charge in [-0.15, -0.1) is 0 Å². The van der Waals surface area contributed by atoms with E-state index < -0.39 is 5.97 Å². The van der Waals surface area contributed by atoms with Crippen LogP contribution in [0, 0.1) is 0 Å². The van der Waals surface area contributed by atoms with Crippen LogP contribution in [-0.4, -0.2) is 24.8 Å². The minimum atomic E-state index is -0.994. The van der Waals surface area contributed by atoms with E-state index >= 15 is 0 Å². The Morgan fingerprint density at radius 3 is 2.67 bits per heavy atom. The lowest BCUT2D eigenvalue weighted by molar-refractivity contribution is -0.130. The number of methoxy groups -OCH3 is 1. The van der Waals surface area contributed by atoms with Gasteiger partial charge < -0.3 is 14.6 Å². The number of carbonyl (C=O) groups is 1. The number of hydrogen-bond acceptors (Lipinski definition) is 3. The average molecular weight is 326 g/mol. The summed E-state index contributed by atoms with van der Waals surface area (Å²) in [6, 6.07) is 14.5. The second kappa shape index (κ2) is 8.77. The first kappa shape index (κ1) is 17.6. The number of carboxylic acids is 1. The third-order valence-corrected chi connectivity index (χ3v) is 3.59. The Morgan fingerprint density at radius 2 is 1.96 bits per heavy atom. The van der Waals surface area contributed by atoms with Gasteiger partial charge in [-0.3, -0.25) is 0 Å². The Bertz CT molecular complexity index is 719. The maximum atomic E-state index is 11.7. The number of carboxylic acid groups (broad SMARTS) is 1. The zero-order valence-electron chi connectivity index (χ0n) is 14.0. The first-order valence-electron chi connectivity index (χ1n) is 7.97. The maximum Gasteiger partial charge on any atom is 0.336 e. The lowest BCUT2D eigenvalue weighted by atomic mass is 10.0. The summed E-state index contributed by atoms with van der Waals surface area (Å²) in [5.41, 5.74) is 1.53. The number of aliphatic carboxylic acids is 1. The molecule has 0 aliphatic carbocycles. The molecule has 0 saturated carbocycles. The predicted octanol–water partition coefficient (Wildman–Crippen LogP) is 4.50. The summed E-state index contributed by atoms with van der Waals surface area (Å²) in [7, 11) is 1.56. The van der Waals surface area contributed by atoms with Gasteiger partial charge in [0.2, 0.25) is 0 Å². The molecule has 0 fully saturated rings. The van der Waals surface area contributed by atoms with Gasteiger partial charge in [0.1, 0.15) is 11.5 Å². The largest absolute Gasteiger partial charge is 0.497 e. The number of rotatable bonds is 8. The second-order valence-corrected chi connectivity index (χ2v) is 5.33. The fraction of sp³-hybridized carbons (Fsp3) is 0.250. The van der Waals surface area contributed by atoms with E-state index in [2.05, 4.69) is 6.92 Å². The molecule has 0 aliphatic rings. The van der Waals surface area contributed by atoms with Gasteiger partial charge >= 0.3 is 5.97 Å². The van der Waals surface area contributed by atoms with Crippen LogP contribution in [0.1, 0.15) is 30.9 Å². The molecule has 2 aromatic rings. The van der Waals surface area contributed by atoms with Crippen LogP contribution >= 0.6 is 0 Å². The van der Waals surface area contributed by atoms with E-state index in [-0.39, 0.29) is 5.57 Å². The van der Waals surface area contributed by atoms with Gasteiger partial charge in [-0.1, -0.05) is 43.7 Å². The molecule has 0 radical (unpaired) electrons. The van der Waals surface area contributed by atoms with E-state index in [0.29, 0.717) is 23.7 Å². The molecular weight excluding hydrogens is 304 g/mol. The van der Waals surface area contributed by atoms with Gasteiger partial charge in [0.05, 0.1) is 19.3 Å². The quantitative estimate of drug-likeness (QED) is 0.441. The minimum Gasteiger partial charge on any atom is -0.497 e. The molecule has 2 aromatic carbocycles. The number of benzene rings is 2. The molecule has 4 heteroatoms.